The molecule has 0 spiro atoms. The first kappa shape index (κ1) is 21.5. The molecule has 1 fully saturated rings. The second kappa shape index (κ2) is 11.1. The Morgan fingerprint density at radius 1 is 1.28 bits per heavy atom. The minimum Gasteiger partial charge on any atom is -0.349 e. The molecule has 1 atom stereocenters. The van der Waals surface area contributed by atoms with Gasteiger partial charge in [0.05, 0.1) is 12.5 Å². The molecule has 2 N–H and O–H groups in total. The highest BCUT2D eigenvalue weighted by molar-refractivity contribution is 5.85. The molecule has 1 unspecified atom stereocenters. The fourth-order valence-electron chi connectivity index (χ4n) is 2.99. The quantitative estimate of drug-likeness (QED) is 0.804. The molecular weight excluding hydrogens is 359 g/mol. The van der Waals surface area contributed by atoms with Crippen LogP contribution < -0.4 is 10.6 Å². The molecule has 2 aromatic rings. The van der Waals surface area contributed by atoms with Crippen molar-refractivity contribution in [3.8, 4) is 0 Å². The van der Waals surface area contributed by atoms with E-state index in [1.807, 2.05) is 12.3 Å². The summed E-state index contributed by atoms with van der Waals surface area (Å²) in [7, 11) is 0. The van der Waals surface area contributed by atoms with Crippen LogP contribution in [-0.2, 0) is 24.3 Å². The predicted molar refractivity (Wildman–Crippen MR) is 104 cm³/mol. The maximum absolute atomic E-state index is 12.2. The number of carbonyl (C=O) groups excluding carboxylic acids is 1. The third-order valence-corrected chi connectivity index (χ3v) is 4.37. The highest BCUT2D eigenvalue weighted by Gasteiger charge is 2.20. The number of imidazole rings is 1. The van der Waals surface area contributed by atoms with Crippen molar-refractivity contribution in [2.24, 2.45) is 5.92 Å². The van der Waals surface area contributed by atoms with E-state index in [1.165, 1.54) is 5.56 Å². The Morgan fingerprint density at radius 2 is 2.08 bits per heavy atom. The van der Waals surface area contributed by atoms with E-state index in [2.05, 4.69) is 44.5 Å². The topological polar surface area (TPSA) is 59.0 Å². The zero-order valence-corrected chi connectivity index (χ0v) is 15.8. The van der Waals surface area contributed by atoms with Crippen LogP contribution in [0, 0.1) is 5.92 Å². The highest BCUT2D eigenvalue weighted by Crippen LogP contribution is 2.10. The van der Waals surface area contributed by atoms with Gasteiger partial charge in [0.2, 0.25) is 5.91 Å². The van der Waals surface area contributed by atoms with Crippen molar-refractivity contribution in [1.82, 2.24) is 20.2 Å². The van der Waals surface area contributed by atoms with E-state index in [-0.39, 0.29) is 36.6 Å². The summed E-state index contributed by atoms with van der Waals surface area (Å²) in [6.07, 6.45) is 6.79. The van der Waals surface area contributed by atoms with Crippen LogP contribution in [-0.4, -0.2) is 28.5 Å². The third-order valence-electron chi connectivity index (χ3n) is 4.37. The van der Waals surface area contributed by atoms with Crippen molar-refractivity contribution in [3.63, 3.8) is 0 Å². The van der Waals surface area contributed by atoms with Crippen LogP contribution in [0.5, 0.6) is 0 Å². The lowest BCUT2D eigenvalue weighted by molar-refractivity contribution is -0.125. The lowest BCUT2D eigenvalue weighted by Gasteiger charge is -2.21. The molecule has 1 amide bonds. The lowest BCUT2D eigenvalue weighted by atomic mass is 9.99. The number of piperidine rings is 1. The first-order valence-electron chi connectivity index (χ1n) is 8.35. The van der Waals surface area contributed by atoms with Crippen LogP contribution >= 0.6 is 24.8 Å². The van der Waals surface area contributed by atoms with E-state index in [4.69, 9.17) is 0 Å². The normalized spacial score (nSPS) is 16.4. The summed E-state index contributed by atoms with van der Waals surface area (Å²) in [5, 5.41) is 6.31. The first-order valence-corrected chi connectivity index (χ1v) is 8.35. The highest BCUT2D eigenvalue weighted by atomic mass is 35.5. The Labute approximate surface area is 161 Å². The van der Waals surface area contributed by atoms with Crippen molar-refractivity contribution in [3.05, 3.63) is 54.1 Å². The van der Waals surface area contributed by atoms with Crippen LogP contribution in [0.1, 0.15) is 24.2 Å². The molecule has 0 aliphatic carbocycles. The Bertz CT molecular complexity index is 627. The number of rotatable bonds is 6. The Hall–Kier alpha value is -1.56. The number of aromatic nitrogens is 2. The Kier molecular flexibility index (Phi) is 9.57. The smallest absolute Gasteiger partial charge is 0.224 e. The summed E-state index contributed by atoms with van der Waals surface area (Å²) in [5.41, 5.74) is 1.31. The van der Waals surface area contributed by atoms with Crippen LogP contribution in [0.25, 0.3) is 0 Å². The maximum atomic E-state index is 12.2. The average molecular weight is 385 g/mol. The molecule has 5 nitrogen and oxygen atoms in total. The monoisotopic (exact) mass is 384 g/mol. The number of nitrogens with zero attached hydrogens (tertiary/aromatic N) is 2. The van der Waals surface area contributed by atoms with Gasteiger partial charge in [-0.05, 0) is 31.4 Å². The molecule has 138 valence electrons. The summed E-state index contributed by atoms with van der Waals surface area (Å²) in [4.78, 5) is 16.6. The molecule has 1 aromatic heterocycles. The van der Waals surface area contributed by atoms with Crippen molar-refractivity contribution >= 4 is 30.7 Å². The summed E-state index contributed by atoms with van der Waals surface area (Å²) >= 11 is 0. The standard InChI is InChI=1S/C18H24N4O.2ClH/c23-18(16-7-4-9-19-13-16)21-14-17-20-10-12-22(17)11-8-15-5-2-1-3-6-15;;/h1-3,5-6,10,12,16,19H,4,7-9,11,13-14H2,(H,21,23);2*1H. The van der Waals surface area contributed by atoms with Crippen molar-refractivity contribution in [2.75, 3.05) is 13.1 Å². The minimum atomic E-state index is 0. The van der Waals surface area contributed by atoms with E-state index in [0.29, 0.717) is 6.54 Å². The third kappa shape index (κ3) is 6.34. The van der Waals surface area contributed by atoms with Gasteiger partial charge in [0, 0.05) is 25.5 Å². The van der Waals surface area contributed by atoms with Gasteiger partial charge in [-0.1, -0.05) is 30.3 Å². The Morgan fingerprint density at radius 3 is 2.80 bits per heavy atom. The van der Waals surface area contributed by atoms with Gasteiger partial charge in [0.25, 0.3) is 0 Å². The number of carbonyl (C=O) groups is 1. The van der Waals surface area contributed by atoms with Crippen LogP contribution in [0.2, 0.25) is 0 Å². The summed E-state index contributed by atoms with van der Waals surface area (Å²) in [6.45, 7) is 3.18. The number of hydrogen-bond donors (Lipinski definition) is 2. The number of nitrogens with one attached hydrogen (secondary N) is 2. The summed E-state index contributed by atoms with van der Waals surface area (Å²) in [5.74, 6) is 1.14. The van der Waals surface area contributed by atoms with Gasteiger partial charge in [0.1, 0.15) is 5.82 Å². The molecular formula is C18H26Cl2N4O. The van der Waals surface area contributed by atoms with E-state index >= 15 is 0 Å². The van der Waals surface area contributed by atoms with Gasteiger partial charge >= 0.3 is 0 Å². The molecule has 2 heterocycles. The van der Waals surface area contributed by atoms with E-state index in [0.717, 1.165) is 44.7 Å². The van der Waals surface area contributed by atoms with Gasteiger partial charge < -0.3 is 15.2 Å². The molecule has 3 rings (SSSR count). The van der Waals surface area contributed by atoms with E-state index in [1.54, 1.807) is 6.20 Å². The predicted octanol–water partition coefficient (Wildman–Crippen LogP) is 2.59. The molecule has 0 radical (unpaired) electrons. The van der Waals surface area contributed by atoms with Crippen molar-refractivity contribution < 1.29 is 4.79 Å². The SMILES string of the molecule is Cl.Cl.O=C(NCc1nccn1CCc1ccccc1)C1CCCNC1. The minimum absolute atomic E-state index is 0. The molecule has 0 saturated carbocycles. The molecule has 1 saturated heterocycles. The van der Waals surface area contributed by atoms with Crippen LogP contribution in [0.3, 0.4) is 0 Å². The lowest BCUT2D eigenvalue weighted by Crippen LogP contribution is -2.40. The molecule has 1 aliphatic heterocycles. The number of halogens is 2. The molecule has 1 aliphatic rings. The molecule has 1 aromatic carbocycles. The molecule has 7 heteroatoms. The van der Waals surface area contributed by atoms with Gasteiger partial charge in [0.15, 0.2) is 0 Å². The van der Waals surface area contributed by atoms with E-state index < -0.39 is 0 Å². The fourth-order valence-corrected chi connectivity index (χ4v) is 2.99. The van der Waals surface area contributed by atoms with Gasteiger partial charge in [-0.15, -0.1) is 24.8 Å². The van der Waals surface area contributed by atoms with E-state index in [9.17, 15) is 4.79 Å². The number of amides is 1. The second-order valence-corrected chi connectivity index (χ2v) is 6.03. The summed E-state index contributed by atoms with van der Waals surface area (Å²) < 4.78 is 2.12. The Balaban J connectivity index is 0.00000156. The number of hydrogen-bond acceptors (Lipinski definition) is 3. The van der Waals surface area contributed by atoms with Gasteiger partial charge in [-0.25, -0.2) is 4.98 Å². The maximum Gasteiger partial charge on any atom is 0.224 e. The van der Waals surface area contributed by atoms with Crippen molar-refractivity contribution in [2.45, 2.75) is 32.4 Å². The number of benzene rings is 1. The first-order chi connectivity index (χ1) is 11.3. The molecule has 25 heavy (non-hydrogen) atoms. The van der Waals surface area contributed by atoms with Crippen molar-refractivity contribution in [1.29, 1.82) is 0 Å². The van der Waals surface area contributed by atoms with Gasteiger partial charge in [-0.2, -0.15) is 0 Å². The zero-order chi connectivity index (χ0) is 15.9. The van der Waals surface area contributed by atoms with Crippen LogP contribution in [0.4, 0.5) is 0 Å². The summed E-state index contributed by atoms with van der Waals surface area (Å²) in [6, 6.07) is 10.4. The second-order valence-electron chi connectivity index (χ2n) is 6.03. The largest absolute Gasteiger partial charge is 0.349 e. The van der Waals surface area contributed by atoms with Gasteiger partial charge in [-0.3, -0.25) is 4.79 Å². The van der Waals surface area contributed by atoms with Crippen LogP contribution in [0.15, 0.2) is 42.7 Å². The molecule has 0 bridgehead atoms. The average Bonchev–Trinajstić information content (AvgIpc) is 3.07. The number of aryl methyl sites for hydroxylation is 2. The fraction of sp³-hybridized carbons (Fsp3) is 0.444. The zero-order valence-electron chi connectivity index (χ0n) is 14.2.